The molecule has 160 valence electrons. The Morgan fingerprint density at radius 2 is 1.23 bits per heavy atom. The summed E-state index contributed by atoms with van der Waals surface area (Å²) in [7, 11) is -4.06. The molecule has 0 radical (unpaired) electrons. The lowest BCUT2D eigenvalue weighted by Crippen LogP contribution is -1.97. The molecular formula is C20H12Cl4N2O4S. The molecule has 0 atom stereocenters. The number of aromatic hydroxyl groups is 2. The molecule has 3 aromatic rings. The van der Waals surface area contributed by atoms with Crippen LogP contribution in [0.15, 0.2) is 62.8 Å². The van der Waals surface area contributed by atoms with Gasteiger partial charge in [0, 0.05) is 27.4 Å². The van der Waals surface area contributed by atoms with Gasteiger partial charge in [0.1, 0.15) is 11.5 Å². The summed E-state index contributed by atoms with van der Waals surface area (Å²) in [4.78, 5) is 4.08. The summed E-state index contributed by atoms with van der Waals surface area (Å²) in [5, 5.41) is 20.5. The van der Waals surface area contributed by atoms with E-state index in [-0.39, 0.29) is 37.0 Å². The molecule has 2 N–H and O–H groups in total. The third-order valence-corrected chi connectivity index (χ3v) is 6.20. The average molecular weight is 518 g/mol. The molecule has 0 fully saturated rings. The quantitative estimate of drug-likeness (QED) is 0.389. The number of rotatable bonds is 5. The molecule has 0 bridgehead atoms. The van der Waals surface area contributed by atoms with Crippen LogP contribution >= 0.6 is 46.4 Å². The largest absolute Gasteiger partial charge is 0.506 e. The topological polar surface area (TPSA) is 99.3 Å². The van der Waals surface area contributed by atoms with Crippen molar-refractivity contribution in [1.82, 2.24) is 0 Å². The highest BCUT2D eigenvalue weighted by molar-refractivity contribution is 7.90. The Kier molecular flexibility index (Phi) is 7.13. The van der Waals surface area contributed by atoms with Crippen LogP contribution in [0.4, 0.5) is 5.69 Å². The highest BCUT2D eigenvalue weighted by atomic mass is 35.5. The standard InChI is InChI=1S/C20H12Cl4N2O4S/c21-13-5-11(19(27)17(23)7-13)9-25-15-1-3-16(4-2-15)31(29,30)26-10-12-6-14(22)8-18(24)20(12)28/h1-10,27-28H/b25-9?,26-10+. The van der Waals surface area contributed by atoms with Gasteiger partial charge in [-0.3, -0.25) is 4.99 Å². The molecule has 0 amide bonds. The lowest BCUT2D eigenvalue weighted by molar-refractivity contribution is 0.474. The number of halogens is 4. The van der Waals surface area contributed by atoms with Gasteiger partial charge >= 0.3 is 0 Å². The summed E-state index contributed by atoms with van der Waals surface area (Å²) in [5.41, 5.74) is 0.777. The van der Waals surface area contributed by atoms with Crippen molar-refractivity contribution in [3.05, 3.63) is 79.7 Å². The highest BCUT2D eigenvalue weighted by Crippen LogP contribution is 2.31. The first-order valence-corrected chi connectivity index (χ1v) is 11.3. The number of hydrogen-bond acceptors (Lipinski definition) is 5. The van der Waals surface area contributed by atoms with Crippen LogP contribution in [0.3, 0.4) is 0 Å². The Balaban J connectivity index is 1.82. The molecule has 0 heterocycles. The number of aliphatic imine (C=N–C) groups is 1. The number of hydrogen-bond donors (Lipinski definition) is 2. The molecule has 0 aliphatic rings. The van der Waals surface area contributed by atoms with E-state index >= 15 is 0 Å². The van der Waals surface area contributed by atoms with E-state index in [4.69, 9.17) is 46.4 Å². The lowest BCUT2D eigenvalue weighted by atomic mass is 10.2. The van der Waals surface area contributed by atoms with Gasteiger partial charge in [0.2, 0.25) is 0 Å². The Labute approximate surface area is 198 Å². The van der Waals surface area contributed by atoms with Gasteiger partial charge in [0.15, 0.2) is 0 Å². The smallest absolute Gasteiger partial charge is 0.282 e. The van der Waals surface area contributed by atoms with Gasteiger partial charge in [-0.2, -0.15) is 12.8 Å². The van der Waals surface area contributed by atoms with Crippen LogP contribution in [0.1, 0.15) is 11.1 Å². The molecule has 0 aliphatic carbocycles. The van der Waals surface area contributed by atoms with Crippen LogP contribution in [0, 0.1) is 0 Å². The minimum atomic E-state index is -4.06. The molecule has 0 aromatic heterocycles. The number of phenols is 2. The zero-order valence-corrected chi connectivity index (χ0v) is 19.1. The Bertz CT molecular complexity index is 1310. The second-order valence-corrected chi connectivity index (χ2v) is 9.43. The second kappa shape index (κ2) is 9.46. The predicted molar refractivity (Wildman–Crippen MR) is 125 cm³/mol. The summed E-state index contributed by atoms with van der Waals surface area (Å²) in [5.74, 6) is -0.508. The summed E-state index contributed by atoms with van der Waals surface area (Å²) in [6.45, 7) is 0. The van der Waals surface area contributed by atoms with E-state index in [0.717, 1.165) is 6.21 Å². The van der Waals surface area contributed by atoms with Gasteiger partial charge in [0.25, 0.3) is 10.0 Å². The van der Waals surface area contributed by atoms with Crippen molar-refractivity contribution < 1.29 is 18.6 Å². The first-order chi connectivity index (χ1) is 14.6. The van der Waals surface area contributed by atoms with Crippen molar-refractivity contribution in [3.8, 4) is 11.5 Å². The minimum absolute atomic E-state index is 0.0272. The van der Waals surface area contributed by atoms with E-state index in [2.05, 4.69) is 9.39 Å². The maximum absolute atomic E-state index is 12.5. The highest BCUT2D eigenvalue weighted by Gasteiger charge is 2.13. The van der Waals surface area contributed by atoms with Crippen LogP contribution in [-0.4, -0.2) is 31.1 Å². The number of benzene rings is 3. The van der Waals surface area contributed by atoms with Gasteiger partial charge < -0.3 is 10.2 Å². The first kappa shape index (κ1) is 23.4. The molecule has 6 nitrogen and oxygen atoms in total. The molecule has 0 saturated heterocycles. The van der Waals surface area contributed by atoms with E-state index in [0.29, 0.717) is 16.3 Å². The molecule has 0 spiro atoms. The minimum Gasteiger partial charge on any atom is -0.506 e. The Hall–Kier alpha value is -2.29. The van der Waals surface area contributed by atoms with Crippen LogP contribution < -0.4 is 0 Å². The van der Waals surface area contributed by atoms with E-state index in [1.807, 2.05) is 0 Å². The predicted octanol–water partition coefficient (Wildman–Crippen LogP) is 6.27. The number of phenolic OH excluding ortho intramolecular Hbond substituents is 2. The fourth-order valence-corrected chi connectivity index (χ4v) is 4.28. The summed E-state index contributed by atoms with van der Waals surface area (Å²) in [6.07, 6.45) is 2.31. The fourth-order valence-electron chi connectivity index (χ4n) is 2.40. The number of sulfonamides is 1. The van der Waals surface area contributed by atoms with Gasteiger partial charge in [-0.25, -0.2) is 0 Å². The Morgan fingerprint density at radius 3 is 1.74 bits per heavy atom. The summed E-state index contributed by atoms with van der Waals surface area (Å²) in [6, 6.07) is 11.1. The SMILES string of the molecule is O=S(=O)(/N=C/c1cc(Cl)cc(Cl)c1O)c1ccc(N=Cc2cc(Cl)cc(Cl)c2O)cc1. The molecule has 0 saturated carbocycles. The number of nitrogens with zero attached hydrogens (tertiary/aromatic N) is 2. The maximum atomic E-state index is 12.5. The Morgan fingerprint density at radius 1 is 0.742 bits per heavy atom. The monoisotopic (exact) mass is 516 g/mol. The van der Waals surface area contributed by atoms with E-state index in [1.54, 1.807) is 0 Å². The fraction of sp³-hybridized carbons (Fsp3) is 0. The van der Waals surface area contributed by atoms with Crippen molar-refractivity contribution in [2.45, 2.75) is 4.90 Å². The zero-order valence-electron chi connectivity index (χ0n) is 15.3. The third-order valence-electron chi connectivity index (χ3n) is 3.93. The van der Waals surface area contributed by atoms with Crippen LogP contribution in [0.5, 0.6) is 11.5 Å². The van der Waals surface area contributed by atoms with E-state index < -0.39 is 10.0 Å². The molecule has 3 aromatic carbocycles. The molecule has 0 unspecified atom stereocenters. The normalized spacial score (nSPS) is 12.1. The van der Waals surface area contributed by atoms with Crippen molar-refractivity contribution in [2.24, 2.45) is 9.39 Å². The third kappa shape index (κ3) is 5.70. The maximum Gasteiger partial charge on any atom is 0.282 e. The van der Waals surface area contributed by atoms with Crippen molar-refractivity contribution >= 4 is 74.5 Å². The molecule has 3 rings (SSSR count). The van der Waals surface area contributed by atoms with E-state index in [1.165, 1.54) is 54.7 Å². The molecule has 0 aliphatic heterocycles. The molecule has 31 heavy (non-hydrogen) atoms. The van der Waals surface area contributed by atoms with Crippen LogP contribution in [0.2, 0.25) is 20.1 Å². The van der Waals surface area contributed by atoms with Gasteiger partial charge in [-0.15, -0.1) is 0 Å². The van der Waals surface area contributed by atoms with Crippen molar-refractivity contribution in [3.63, 3.8) is 0 Å². The van der Waals surface area contributed by atoms with Gasteiger partial charge in [-0.1, -0.05) is 46.4 Å². The van der Waals surface area contributed by atoms with Gasteiger partial charge in [0.05, 0.1) is 26.8 Å². The van der Waals surface area contributed by atoms with E-state index in [9.17, 15) is 18.6 Å². The van der Waals surface area contributed by atoms with Crippen LogP contribution in [-0.2, 0) is 10.0 Å². The van der Waals surface area contributed by atoms with Crippen molar-refractivity contribution in [2.75, 3.05) is 0 Å². The first-order valence-electron chi connectivity index (χ1n) is 8.37. The summed E-state index contributed by atoms with van der Waals surface area (Å²) < 4.78 is 28.5. The molecular weight excluding hydrogens is 506 g/mol. The van der Waals surface area contributed by atoms with Crippen molar-refractivity contribution in [1.29, 1.82) is 0 Å². The zero-order chi connectivity index (χ0) is 22.8. The lowest BCUT2D eigenvalue weighted by Gasteiger charge is -2.04. The van der Waals surface area contributed by atoms with Crippen LogP contribution in [0.25, 0.3) is 0 Å². The van der Waals surface area contributed by atoms with Gasteiger partial charge in [-0.05, 0) is 48.5 Å². The second-order valence-electron chi connectivity index (χ2n) is 6.11. The molecule has 11 heteroatoms. The summed E-state index contributed by atoms with van der Waals surface area (Å²) >= 11 is 23.4. The average Bonchev–Trinajstić information content (AvgIpc) is 2.71.